The van der Waals surface area contributed by atoms with Gasteiger partial charge in [0.1, 0.15) is 6.54 Å². The van der Waals surface area contributed by atoms with Crippen LogP contribution in [0.25, 0.3) is 0 Å². The number of hydrogen-bond acceptors (Lipinski definition) is 3. The standard InChI is InChI=1S/C11H22N2O3/c1-4-6-13(8-10(14)15)11(16)9(3)7-12-5-2/h9,12H,4-8H2,1-3H3,(H,14,15). The molecule has 0 fully saturated rings. The second-order valence-corrected chi connectivity index (χ2v) is 3.86. The summed E-state index contributed by atoms with van der Waals surface area (Å²) in [6.45, 7) is 7.41. The van der Waals surface area contributed by atoms with Crippen molar-refractivity contribution in [1.29, 1.82) is 0 Å². The third kappa shape index (κ3) is 5.70. The molecule has 0 aliphatic heterocycles. The van der Waals surface area contributed by atoms with E-state index in [0.29, 0.717) is 13.1 Å². The van der Waals surface area contributed by atoms with Crippen LogP contribution in [0.5, 0.6) is 0 Å². The Balaban J connectivity index is 4.29. The number of carboxylic acids is 1. The highest BCUT2D eigenvalue weighted by molar-refractivity contribution is 5.83. The Morgan fingerprint density at radius 2 is 2.00 bits per heavy atom. The number of nitrogens with zero attached hydrogens (tertiary/aromatic N) is 1. The minimum Gasteiger partial charge on any atom is -0.480 e. The Labute approximate surface area is 96.8 Å². The molecule has 0 aromatic heterocycles. The fraction of sp³-hybridized carbons (Fsp3) is 0.818. The van der Waals surface area contributed by atoms with E-state index in [2.05, 4.69) is 5.32 Å². The van der Waals surface area contributed by atoms with E-state index >= 15 is 0 Å². The zero-order valence-corrected chi connectivity index (χ0v) is 10.3. The van der Waals surface area contributed by atoms with Crippen molar-refractivity contribution in [2.75, 3.05) is 26.2 Å². The van der Waals surface area contributed by atoms with Crippen LogP contribution in [-0.4, -0.2) is 48.1 Å². The van der Waals surface area contributed by atoms with Gasteiger partial charge in [0, 0.05) is 19.0 Å². The highest BCUT2D eigenvalue weighted by atomic mass is 16.4. The monoisotopic (exact) mass is 230 g/mol. The lowest BCUT2D eigenvalue weighted by molar-refractivity contribution is -0.146. The third-order valence-corrected chi connectivity index (χ3v) is 2.25. The summed E-state index contributed by atoms with van der Waals surface area (Å²) in [5.41, 5.74) is 0. The minimum atomic E-state index is -0.961. The predicted octanol–water partition coefficient (Wildman–Crippen LogP) is 0.555. The van der Waals surface area contributed by atoms with E-state index in [-0.39, 0.29) is 18.4 Å². The Kier molecular flexibility index (Phi) is 7.54. The molecule has 0 rings (SSSR count). The zero-order chi connectivity index (χ0) is 12.6. The number of nitrogens with one attached hydrogen (secondary N) is 1. The molecule has 0 radical (unpaired) electrons. The molecule has 0 saturated heterocycles. The van der Waals surface area contributed by atoms with Crippen LogP contribution in [0, 0.1) is 5.92 Å². The van der Waals surface area contributed by atoms with E-state index in [1.165, 1.54) is 4.90 Å². The fourth-order valence-electron chi connectivity index (χ4n) is 1.46. The predicted molar refractivity (Wildman–Crippen MR) is 62.2 cm³/mol. The molecule has 1 amide bonds. The van der Waals surface area contributed by atoms with Crippen molar-refractivity contribution in [2.45, 2.75) is 27.2 Å². The van der Waals surface area contributed by atoms with Crippen molar-refractivity contribution in [3.8, 4) is 0 Å². The van der Waals surface area contributed by atoms with E-state index in [1.807, 2.05) is 20.8 Å². The lowest BCUT2D eigenvalue weighted by Crippen LogP contribution is -2.42. The van der Waals surface area contributed by atoms with E-state index < -0.39 is 5.97 Å². The van der Waals surface area contributed by atoms with Gasteiger partial charge in [-0.2, -0.15) is 0 Å². The number of carbonyl (C=O) groups is 2. The lowest BCUT2D eigenvalue weighted by Gasteiger charge is -2.23. The quantitative estimate of drug-likeness (QED) is 0.639. The lowest BCUT2D eigenvalue weighted by atomic mass is 10.1. The SMILES string of the molecule is CCCN(CC(=O)O)C(=O)C(C)CNCC. The van der Waals surface area contributed by atoms with Crippen LogP contribution in [0.2, 0.25) is 0 Å². The van der Waals surface area contributed by atoms with Gasteiger partial charge < -0.3 is 15.3 Å². The molecule has 1 atom stereocenters. The molecule has 16 heavy (non-hydrogen) atoms. The van der Waals surface area contributed by atoms with Crippen LogP contribution in [0.1, 0.15) is 27.2 Å². The number of amides is 1. The molecule has 5 nitrogen and oxygen atoms in total. The molecule has 0 heterocycles. The van der Waals surface area contributed by atoms with Gasteiger partial charge in [0.15, 0.2) is 0 Å². The molecule has 0 spiro atoms. The van der Waals surface area contributed by atoms with Gasteiger partial charge in [-0.3, -0.25) is 9.59 Å². The zero-order valence-electron chi connectivity index (χ0n) is 10.3. The van der Waals surface area contributed by atoms with Crippen LogP contribution in [0.15, 0.2) is 0 Å². The molecule has 0 aromatic rings. The summed E-state index contributed by atoms with van der Waals surface area (Å²) >= 11 is 0. The van der Waals surface area contributed by atoms with Crippen LogP contribution in [0.3, 0.4) is 0 Å². The van der Waals surface area contributed by atoms with Gasteiger partial charge in [0.25, 0.3) is 0 Å². The summed E-state index contributed by atoms with van der Waals surface area (Å²) in [6, 6.07) is 0. The smallest absolute Gasteiger partial charge is 0.323 e. The molecule has 1 unspecified atom stereocenters. The molecule has 0 bridgehead atoms. The van der Waals surface area contributed by atoms with Gasteiger partial charge in [-0.15, -0.1) is 0 Å². The summed E-state index contributed by atoms with van der Waals surface area (Å²) in [6.07, 6.45) is 0.771. The van der Waals surface area contributed by atoms with Crippen molar-refractivity contribution >= 4 is 11.9 Å². The van der Waals surface area contributed by atoms with Crippen LogP contribution in [-0.2, 0) is 9.59 Å². The fourth-order valence-corrected chi connectivity index (χ4v) is 1.46. The van der Waals surface area contributed by atoms with E-state index in [4.69, 9.17) is 5.11 Å². The Morgan fingerprint density at radius 1 is 1.38 bits per heavy atom. The molecule has 2 N–H and O–H groups in total. The summed E-state index contributed by atoms with van der Waals surface area (Å²) in [5.74, 6) is -1.23. The van der Waals surface area contributed by atoms with E-state index in [0.717, 1.165) is 13.0 Å². The maximum atomic E-state index is 11.9. The molecule has 0 saturated carbocycles. The normalized spacial score (nSPS) is 12.2. The van der Waals surface area contributed by atoms with Crippen LogP contribution >= 0.6 is 0 Å². The first-order valence-corrected chi connectivity index (χ1v) is 5.74. The molecule has 0 aromatic carbocycles. The topological polar surface area (TPSA) is 69.6 Å². The summed E-state index contributed by atoms with van der Waals surface area (Å²) in [4.78, 5) is 23.9. The van der Waals surface area contributed by atoms with Gasteiger partial charge in [-0.05, 0) is 13.0 Å². The largest absolute Gasteiger partial charge is 0.480 e. The van der Waals surface area contributed by atoms with Crippen molar-refractivity contribution in [2.24, 2.45) is 5.92 Å². The van der Waals surface area contributed by atoms with E-state index in [1.54, 1.807) is 0 Å². The van der Waals surface area contributed by atoms with Gasteiger partial charge in [-0.1, -0.05) is 20.8 Å². The minimum absolute atomic E-state index is 0.0924. The van der Waals surface area contributed by atoms with Crippen molar-refractivity contribution in [1.82, 2.24) is 10.2 Å². The number of carboxylic acid groups (broad SMARTS) is 1. The molecular formula is C11H22N2O3. The first kappa shape index (κ1) is 14.9. The molecule has 5 heteroatoms. The maximum absolute atomic E-state index is 11.9. The summed E-state index contributed by atoms with van der Waals surface area (Å²) < 4.78 is 0. The average molecular weight is 230 g/mol. The summed E-state index contributed by atoms with van der Waals surface area (Å²) in [5, 5.41) is 11.8. The first-order chi connectivity index (χ1) is 7.52. The molecule has 0 aliphatic carbocycles. The summed E-state index contributed by atoms with van der Waals surface area (Å²) in [7, 11) is 0. The van der Waals surface area contributed by atoms with Crippen LogP contribution < -0.4 is 5.32 Å². The molecule has 94 valence electrons. The maximum Gasteiger partial charge on any atom is 0.323 e. The van der Waals surface area contributed by atoms with Crippen LogP contribution in [0.4, 0.5) is 0 Å². The Bertz CT molecular complexity index is 231. The highest BCUT2D eigenvalue weighted by Gasteiger charge is 2.21. The van der Waals surface area contributed by atoms with Gasteiger partial charge in [0.2, 0.25) is 5.91 Å². The second-order valence-electron chi connectivity index (χ2n) is 3.86. The number of aliphatic carboxylic acids is 1. The van der Waals surface area contributed by atoms with Gasteiger partial charge in [0.05, 0.1) is 0 Å². The van der Waals surface area contributed by atoms with Gasteiger partial charge >= 0.3 is 5.97 Å². The molecule has 0 aliphatic rings. The Hall–Kier alpha value is -1.10. The highest BCUT2D eigenvalue weighted by Crippen LogP contribution is 2.02. The molecular weight excluding hydrogens is 208 g/mol. The number of hydrogen-bond donors (Lipinski definition) is 2. The first-order valence-electron chi connectivity index (χ1n) is 5.74. The van der Waals surface area contributed by atoms with Crippen molar-refractivity contribution in [3.63, 3.8) is 0 Å². The number of rotatable bonds is 8. The third-order valence-electron chi connectivity index (χ3n) is 2.25. The van der Waals surface area contributed by atoms with Crippen molar-refractivity contribution in [3.05, 3.63) is 0 Å². The Morgan fingerprint density at radius 3 is 2.44 bits per heavy atom. The second kappa shape index (κ2) is 8.10. The van der Waals surface area contributed by atoms with Crippen molar-refractivity contribution < 1.29 is 14.7 Å². The van der Waals surface area contributed by atoms with E-state index in [9.17, 15) is 9.59 Å². The van der Waals surface area contributed by atoms with Gasteiger partial charge in [-0.25, -0.2) is 0 Å². The average Bonchev–Trinajstić information content (AvgIpc) is 2.23. The number of carbonyl (C=O) groups excluding carboxylic acids is 1.